The van der Waals surface area contributed by atoms with Gasteiger partial charge in [-0.05, 0) is 58.2 Å². The zero-order chi connectivity index (χ0) is 15.5. The molecule has 0 spiro atoms. The minimum atomic E-state index is -3.55. The van der Waals surface area contributed by atoms with E-state index in [9.17, 15) is 8.42 Å². The zero-order valence-corrected chi connectivity index (χ0v) is 14.7. The van der Waals surface area contributed by atoms with Crippen molar-refractivity contribution in [3.8, 4) is 0 Å². The molecule has 112 valence electrons. The molecule has 0 saturated carbocycles. The largest absolute Gasteiger partial charge is 0.240 e. The van der Waals surface area contributed by atoms with E-state index in [1.165, 1.54) is 18.2 Å². The molecule has 0 aromatic heterocycles. The second-order valence-corrected chi connectivity index (χ2v) is 7.82. The SMILES string of the molecule is O=S(=O)(NCCc1cccc(Cl)c1)c1ccc(Cl)c(Br)c1. The highest BCUT2D eigenvalue weighted by molar-refractivity contribution is 9.10. The lowest BCUT2D eigenvalue weighted by Crippen LogP contribution is -2.26. The monoisotopic (exact) mass is 407 g/mol. The lowest BCUT2D eigenvalue weighted by Gasteiger charge is -2.08. The van der Waals surface area contributed by atoms with Crippen LogP contribution in [0.4, 0.5) is 0 Å². The Balaban J connectivity index is 2.03. The van der Waals surface area contributed by atoms with E-state index in [4.69, 9.17) is 23.2 Å². The van der Waals surface area contributed by atoms with Gasteiger partial charge in [0.1, 0.15) is 0 Å². The van der Waals surface area contributed by atoms with Crippen LogP contribution in [0.25, 0.3) is 0 Å². The number of halogens is 3. The molecule has 0 fully saturated rings. The number of sulfonamides is 1. The number of hydrogen-bond acceptors (Lipinski definition) is 2. The lowest BCUT2D eigenvalue weighted by atomic mass is 10.2. The minimum Gasteiger partial charge on any atom is -0.211 e. The second kappa shape index (κ2) is 7.11. The van der Waals surface area contributed by atoms with E-state index in [0.717, 1.165) is 5.56 Å². The Morgan fingerprint density at radius 3 is 2.52 bits per heavy atom. The summed E-state index contributed by atoms with van der Waals surface area (Å²) in [5.41, 5.74) is 0.975. The van der Waals surface area contributed by atoms with E-state index in [2.05, 4.69) is 20.7 Å². The van der Waals surface area contributed by atoms with Crippen LogP contribution in [0.15, 0.2) is 51.8 Å². The number of hydrogen-bond donors (Lipinski definition) is 1. The van der Waals surface area contributed by atoms with Crippen molar-refractivity contribution < 1.29 is 8.42 Å². The van der Waals surface area contributed by atoms with E-state index < -0.39 is 10.0 Å². The van der Waals surface area contributed by atoms with Gasteiger partial charge in [0.2, 0.25) is 10.0 Å². The Kier molecular flexibility index (Phi) is 5.68. The van der Waals surface area contributed by atoms with Crippen molar-refractivity contribution in [2.24, 2.45) is 0 Å². The summed E-state index contributed by atoms with van der Waals surface area (Å²) in [7, 11) is -3.55. The molecule has 0 amide bonds. The fourth-order valence-corrected chi connectivity index (χ4v) is 3.67. The third kappa shape index (κ3) is 4.69. The van der Waals surface area contributed by atoms with Gasteiger partial charge in [-0.3, -0.25) is 0 Å². The predicted molar refractivity (Wildman–Crippen MR) is 89.5 cm³/mol. The van der Waals surface area contributed by atoms with Crippen LogP contribution in [0, 0.1) is 0 Å². The first-order chi connectivity index (χ1) is 9.88. The average molecular weight is 409 g/mol. The Labute approximate surface area is 142 Å². The van der Waals surface area contributed by atoms with Gasteiger partial charge in [0.05, 0.1) is 9.92 Å². The average Bonchev–Trinajstić information content (AvgIpc) is 2.41. The zero-order valence-electron chi connectivity index (χ0n) is 10.8. The van der Waals surface area contributed by atoms with Crippen LogP contribution in [0.3, 0.4) is 0 Å². The van der Waals surface area contributed by atoms with Crippen LogP contribution < -0.4 is 4.72 Å². The van der Waals surface area contributed by atoms with E-state index in [-0.39, 0.29) is 4.90 Å². The molecule has 0 aliphatic carbocycles. The molecule has 0 saturated heterocycles. The number of nitrogens with one attached hydrogen (secondary N) is 1. The van der Waals surface area contributed by atoms with Gasteiger partial charge in [-0.1, -0.05) is 35.3 Å². The third-order valence-corrected chi connectivity index (χ3v) is 5.70. The van der Waals surface area contributed by atoms with Crippen LogP contribution in [-0.4, -0.2) is 15.0 Å². The molecule has 0 heterocycles. The van der Waals surface area contributed by atoms with Gasteiger partial charge in [0.25, 0.3) is 0 Å². The fraction of sp³-hybridized carbons (Fsp3) is 0.143. The summed E-state index contributed by atoms with van der Waals surface area (Å²) in [6.07, 6.45) is 0.564. The number of rotatable bonds is 5. The minimum absolute atomic E-state index is 0.171. The van der Waals surface area contributed by atoms with Gasteiger partial charge in [-0.2, -0.15) is 0 Å². The summed E-state index contributed by atoms with van der Waals surface area (Å²) < 4.78 is 27.4. The van der Waals surface area contributed by atoms with Crippen molar-refractivity contribution in [1.82, 2.24) is 4.72 Å². The van der Waals surface area contributed by atoms with E-state index in [1.54, 1.807) is 6.07 Å². The molecule has 2 aromatic carbocycles. The summed E-state index contributed by atoms with van der Waals surface area (Å²) >= 11 is 15.0. The first-order valence-electron chi connectivity index (χ1n) is 6.08. The molecule has 0 radical (unpaired) electrons. The van der Waals surface area contributed by atoms with Crippen molar-refractivity contribution in [2.45, 2.75) is 11.3 Å². The molecule has 3 nitrogen and oxygen atoms in total. The summed E-state index contributed by atoms with van der Waals surface area (Å²) in [6.45, 7) is 0.295. The van der Waals surface area contributed by atoms with Gasteiger partial charge in [-0.15, -0.1) is 0 Å². The van der Waals surface area contributed by atoms with E-state index in [0.29, 0.717) is 27.5 Å². The fourth-order valence-electron chi connectivity index (χ4n) is 1.75. The van der Waals surface area contributed by atoms with Crippen molar-refractivity contribution in [2.75, 3.05) is 6.54 Å². The van der Waals surface area contributed by atoms with E-state index >= 15 is 0 Å². The second-order valence-electron chi connectivity index (χ2n) is 4.35. The standard InChI is InChI=1S/C14H12BrCl2NO2S/c15-13-9-12(4-5-14(13)17)21(19,20)18-7-6-10-2-1-3-11(16)8-10/h1-5,8-9,18H,6-7H2. The Morgan fingerprint density at radius 1 is 1.10 bits per heavy atom. The van der Waals surface area contributed by atoms with Crippen molar-refractivity contribution >= 4 is 49.2 Å². The Bertz CT molecular complexity index is 750. The summed E-state index contributed by atoms with van der Waals surface area (Å²) in [5.74, 6) is 0. The highest BCUT2D eigenvalue weighted by Gasteiger charge is 2.14. The third-order valence-electron chi connectivity index (χ3n) is 2.80. The maximum atomic E-state index is 12.2. The van der Waals surface area contributed by atoms with Gasteiger partial charge >= 0.3 is 0 Å². The quantitative estimate of drug-likeness (QED) is 0.802. The molecule has 0 aliphatic heterocycles. The molecular formula is C14H12BrCl2NO2S. The van der Waals surface area contributed by atoms with Gasteiger partial charge in [0.15, 0.2) is 0 Å². The predicted octanol–water partition coefficient (Wildman–Crippen LogP) is 4.28. The molecule has 2 aromatic rings. The molecule has 0 atom stereocenters. The number of benzene rings is 2. The van der Waals surface area contributed by atoms with Gasteiger partial charge in [0, 0.05) is 16.0 Å². The first kappa shape index (κ1) is 16.8. The maximum Gasteiger partial charge on any atom is 0.240 e. The molecule has 7 heteroatoms. The van der Waals surface area contributed by atoms with Crippen molar-refractivity contribution in [3.05, 3.63) is 62.5 Å². The molecule has 1 N–H and O–H groups in total. The topological polar surface area (TPSA) is 46.2 Å². The molecule has 0 unspecified atom stereocenters. The van der Waals surface area contributed by atoms with Crippen molar-refractivity contribution in [1.29, 1.82) is 0 Å². The van der Waals surface area contributed by atoms with Crippen LogP contribution in [0.5, 0.6) is 0 Å². The highest BCUT2D eigenvalue weighted by Crippen LogP contribution is 2.25. The highest BCUT2D eigenvalue weighted by atomic mass is 79.9. The lowest BCUT2D eigenvalue weighted by molar-refractivity contribution is 0.581. The summed E-state index contributed by atoms with van der Waals surface area (Å²) in [4.78, 5) is 0.171. The summed E-state index contributed by atoms with van der Waals surface area (Å²) in [5, 5.41) is 1.10. The Morgan fingerprint density at radius 2 is 1.86 bits per heavy atom. The molecule has 21 heavy (non-hydrogen) atoms. The van der Waals surface area contributed by atoms with Crippen LogP contribution in [-0.2, 0) is 16.4 Å². The first-order valence-corrected chi connectivity index (χ1v) is 9.11. The summed E-state index contributed by atoms with van der Waals surface area (Å²) in [6, 6.07) is 11.8. The van der Waals surface area contributed by atoms with E-state index in [1.807, 2.05) is 18.2 Å². The molecule has 0 bridgehead atoms. The maximum absolute atomic E-state index is 12.2. The smallest absolute Gasteiger partial charge is 0.211 e. The normalized spacial score (nSPS) is 11.6. The Hall–Kier alpha value is -0.590. The van der Waals surface area contributed by atoms with Crippen molar-refractivity contribution in [3.63, 3.8) is 0 Å². The van der Waals surface area contributed by atoms with Crippen LogP contribution in [0.1, 0.15) is 5.56 Å². The van der Waals surface area contributed by atoms with Crippen LogP contribution >= 0.6 is 39.1 Å². The molecule has 2 rings (SSSR count). The molecule has 0 aliphatic rings. The van der Waals surface area contributed by atoms with Crippen LogP contribution in [0.2, 0.25) is 10.0 Å². The van der Waals surface area contributed by atoms with Gasteiger partial charge < -0.3 is 0 Å². The molecular weight excluding hydrogens is 397 g/mol. The van der Waals surface area contributed by atoms with Gasteiger partial charge in [-0.25, -0.2) is 13.1 Å².